The van der Waals surface area contributed by atoms with Crippen LogP contribution in [0.15, 0.2) is 60.8 Å². The van der Waals surface area contributed by atoms with Crippen molar-refractivity contribution in [1.82, 2.24) is 34.5 Å². The zero-order valence-corrected chi connectivity index (χ0v) is 27.1. The van der Waals surface area contributed by atoms with Crippen LogP contribution in [0.1, 0.15) is 53.8 Å². The summed E-state index contributed by atoms with van der Waals surface area (Å²) < 4.78 is 43.0. The summed E-state index contributed by atoms with van der Waals surface area (Å²) in [6.07, 6.45) is 4.88. The predicted molar refractivity (Wildman–Crippen MR) is 175 cm³/mol. The van der Waals surface area contributed by atoms with E-state index in [9.17, 15) is 13.2 Å². The Kier molecular flexibility index (Phi) is 7.12. The lowest BCUT2D eigenvalue weighted by Gasteiger charge is -2.35. The molecular formula is C34H35FN8O3S. The summed E-state index contributed by atoms with van der Waals surface area (Å²) in [7, 11) is -1.46. The molecule has 5 heterocycles. The van der Waals surface area contributed by atoms with Crippen molar-refractivity contribution < 1.29 is 17.6 Å². The number of rotatable bonds is 7. The van der Waals surface area contributed by atoms with E-state index in [2.05, 4.69) is 22.3 Å². The van der Waals surface area contributed by atoms with Crippen molar-refractivity contribution in [2.24, 2.45) is 13.0 Å². The van der Waals surface area contributed by atoms with Gasteiger partial charge in [-0.15, -0.1) is 0 Å². The molecule has 0 radical (unpaired) electrons. The van der Waals surface area contributed by atoms with E-state index in [0.717, 1.165) is 24.8 Å². The van der Waals surface area contributed by atoms with Gasteiger partial charge in [0.2, 0.25) is 0 Å². The highest BCUT2D eigenvalue weighted by Crippen LogP contribution is 2.35. The maximum absolute atomic E-state index is 15.8. The Morgan fingerprint density at radius 3 is 2.60 bits per heavy atom. The van der Waals surface area contributed by atoms with Crippen molar-refractivity contribution in [3.05, 3.63) is 83.4 Å². The van der Waals surface area contributed by atoms with Crippen LogP contribution in [0.5, 0.6) is 0 Å². The van der Waals surface area contributed by atoms with Crippen LogP contribution in [0.3, 0.4) is 0 Å². The van der Waals surface area contributed by atoms with E-state index in [-0.39, 0.29) is 29.0 Å². The molecule has 0 unspecified atom stereocenters. The van der Waals surface area contributed by atoms with Crippen molar-refractivity contribution in [3.8, 4) is 22.6 Å². The Hall–Kier alpha value is -4.65. The second-order valence-corrected chi connectivity index (χ2v) is 15.3. The van der Waals surface area contributed by atoms with Gasteiger partial charge in [-0.05, 0) is 73.9 Å². The Morgan fingerprint density at radius 1 is 1.00 bits per heavy atom. The lowest BCUT2D eigenvalue weighted by molar-refractivity contribution is 0.0672. The Balaban J connectivity index is 1.11. The molecule has 1 saturated carbocycles. The quantitative estimate of drug-likeness (QED) is 0.252. The molecule has 13 heteroatoms. The van der Waals surface area contributed by atoms with Crippen molar-refractivity contribution in [3.63, 3.8) is 0 Å². The van der Waals surface area contributed by atoms with Gasteiger partial charge in [0.1, 0.15) is 17.2 Å². The minimum Gasteiger partial charge on any atom is -0.370 e. The van der Waals surface area contributed by atoms with E-state index in [4.69, 9.17) is 10.1 Å². The van der Waals surface area contributed by atoms with Gasteiger partial charge in [-0.1, -0.05) is 24.3 Å². The van der Waals surface area contributed by atoms with Gasteiger partial charge in [0, 0.05) is 44.0 Å². The number of carbonyl (C=O) groups is 1. The Labute approximate surface area is 271 Å². The van der Waals surface area contributed by atoms with E-state index in [0.29, 0.717) is 60.4 Å². The number of sulfone groups is 1. The highest BCUT2D eigenvalue weighted by molar-refractivity contribution is 7.92. The number of hydrogen-bond acceptors (Lipinski definition) is 8. The van der Waals surface area contributed by atoms with Crippen LogP contribution in [0.4, 0.5) is 10.1 Å². The van der Waals surface area contributed by atoms with Crippen molar-refractivity contribution in [1.29, 1.82) is 0 Å². The fourth-order valence-electron chi connectivity index (χ4n) is 6.97. The summed E-state index contributed by atoms with van der Waals surface area (Å²) in [6, 6.07) is 16.3. The van der Waals surface area contributed by atoms with Gasteiger partial charge in [0.05, 0.1) is 34.6 Å². The van der Waals surface area contributed by atoms with Crippen molar-refractivity contribution >= 4 is 27.1 Å². The average Bonchev–Trinajstić information content (AvgIpc) is 3.42. The highest BCUT2D eigenvalue weighted by Gasteiger charge is 2.37. The first-order valence-electron chi connectivity index (χ1n) is 16.1. The summed E-state index contributed by atoms with van der Waals surface area (Å²) in [5, 5.41) is 13.0. The van der Waals surface area contributed by atoms with E-state index in [1.165, 1.54) is 16.4 Å². The third kappa shape index (κ3) is 5.45. The molecule has 1 amide bonds. The second kappa shape index (κ2) is 11.3. The molecule has 1 saturated heterocycles. The summed E-state index contributed by atoms with van der Waals surface area (Å²) in [6.45, 7) is 3.52. The zero-order chi connectivity index (χ0) is 32.4. The standard InChI is InChI=1S/C34H35FN8O3S/c1-21-26-6-4-3-5-23(26)11-14-42(21)34(44)30-16-32(31-18-36-40(2)38-31)43-33(37-30)17-29(39-43)27-10-9-24(15-28(27)35)41-13-12-25(19-41)47(45,46)20-22-7-8-22/h3-6,9-10,15-18,21-22,25H,7-8,11-14,19-20H2,1-2H3/t21-,25+/m1/s1. The maximum Gasteiger partial charge on any atom is 0.273 e. The van der Waals surface area contributed by atoms with Gasteiger partial charge >= 0.3 is 0 Å². The molecule has 2 fully saturated rings. The molecule has 0 spiro atoms. The first kappa shape index (κ1) is 29.7. The van der Waals surface area contributed by atoms with Crippen LogP contribution in [0.2, 0.25) is 0 Å². The molecule has 242 valence electrons. The number of carbonyl (C=O) groups excluding carboxylic acids is 1. The first-order chi connectivity index (χ1) is 22.6. The van der Waals surface area contributed by atoms with Gasteiger partial charge in [-0.3, -0.25) is 4.79 Å². The van der Waals surface area contributed by atoms with Crippen LogP contribution in [-0.4, -0.2) is 79.5 Å². The number of halogens is 1. The number of benzene rings is 2. The van der Waals surface area contributed by atoms with Gasteiger partial charge in [0.15, 0.2) is 15.5 Å². The molecule has 47 heavy (non-hydrogen) atoms. The van der Waals surface area contributed by atoms with Gasteiger partial charge < -0.3 is 9.80 Å². The topological polar surface area (TPSA) is 119 Å². The summed E-state index contributed by atoms with van der Waals surface area (Å²) >= 11 is 0. The molecular weight excluding hydrogens is 619 g/mol. The summed E-state index contributed by atoms with van der Waals surface area (Å²) in [5.41, 5.74) is 5.25. The molecule has 8 rings (SSSR count). The molecule has 2 atom stereocenters. The van der Waals surface area contributed by atoms with Crippen LogP contribution in [0, 0.1) is 11.7 Å². The fourth-order valence-corrected chi connectivity index (χ4v) is 9.11. The highest BCUT2D eigenvalue weighted by atomic mass is 32.2. The summed E-state index contributed by atoms with van der Waals surface area (Å²) in [4.78, 5) is 23.9. The molecule has 11 nitrogen and oxygen atoms in total. The minimum absolute atomic E-state index is 0.122. The van der Waals surface area contributed by atoms with Gasteiger partial charge in [-0.25, -0.2) is 22.3 Å². The molecule has 1 aliphatic carbocycles. The molecule has 0 bridgehead atoms. The maximum atomic E-state index is 15.8. The molecule has 2 aliphatic heterocycles. The number of anilines is 1. The molecule has 5 aromatic rings. The predicted octanol–water partition coefficient (Wildman–Crippen LogP) is 4.49. The van der Waals surface area contributed by atoms with Crippen molar-refractivity contribution in [2.75, 3.05) is 30.3 Å². The van der Waals surface area contributed by atoms with E-state index >= 15 is 4.39 Å². The van der Waals surface area contributed by atoms with Crippen LogP contribution < -0.4 is 4.90 Å². The zero-order valence-electron chi connectivity index (χ0n) is 26.3. The van der Waals surface area contributed by atoms with Crippen molar-refractivity contribution in [2.45, 2.75) is 43.9 Å². The smallest absolute Gasteiger partial charge is 0.273 e. The molecule has 0 N–H and O–H groups in total. The number of hydrogen-bond donors (Lipinski definition) is 0. The number of fused-ring (bicyclic) bond motifs is 2. The van der Waals surface area contributed by atoms with E-state index in [1.807, 2.05) is 28.9 Å². The number of aryl methyl sites for hydroxylation is 1. The van der Waals surface area contributed by atoms with Crippen LogP contribution >= 0.6 is 0 Å². The number of amides is 1. The molecule has 3 aromatic heterocycles. The Morgan fingerprint density at radius 2 is 1.83 bits per heavy atom. The Bertz CT molecular complexity index is 2140. The number of nitrogens with zero attached hydrogens (tertiary/aromatic N) is 8. The van der Waals surface area contributed by atoms with Crippen LogP contribution in [0.25, 0.3) is 28.3 Å². The number of aromatic nitrogens is 6. The molecule has 2 aromatic carbocycles. The third-order valence-corrected chi connectivity index (χ3v) is 12.1. The average molecular weight is 655 g/mol. The van der Waals surface area contributed by atoms with Gasteiger partial charge in [-0.2, -0.15) is 20.1 Å². The largest absolute Gasteiger partial charge is 0.370 e. The van der Waals surface area contributed by atoms with Gasteiger partial charge in [0.25, 0.3) is 5.91 Å². The minimum atomic E-state index is -3.17. The van der Waals surface area contributed by atoms with Crippen LogP contribution in [-0.2, 0) is 23.3 Å². The third-order valence-electron chi connectivity index (χ3n) is 9.78. The first-order valence-corrected chi connectivity index (χ1v) is 17.8. The summed E-state index contributed by atoms with van der Waals surface area (Å²) in [5.74, 6) is -0.121. The lowest BCUT2D eigenvalue weighted by atomic mass is 9.93. The second-order valence-electron chi connectivity index (χ2n) is 13.0. The lowest BCUT2D eigenvalue weighted by Crippen LogP contribution is -2.39. The normalized spacial score (nSPS) is 19.8. The fraction of sp³-hybridized carbons (Fsp3) is 0.382. The monoisotopic (exact) mass is 654 g/mol. The SMILES string of the molecule is C[C@@H]1c2ccccc2CCN1C(=O)c1cc(-c2cnn(C)n2)n2nc(-c3ccc(N4CC[C@H](S(=O)(=O)CC5CC5)C4)cc3F)cc2n1. The van der Waals surface area contributed by atoms with E-state index < -0.39 is 20.9 Å². The molecule has 3 aliphatic rings. The van der Waals surface area contributed by atoms with E-state index in [1.54, 1.807) is 42.0 Å².